The first-order valence-corrected chi connectivity index (χ1v) is 7.13. The van der Waals surface area contributed by atoms with E-state index in [1.165, 1.54) is 5.56 Å². The summed E-state index contributed by atoms with van der Waals surface area (Å²) in [4.78, 5) is 0. The summed E-state index contributed by atoms with van der Waals surface area (Å²) in [7, 11) is 0. The highest BCUT2D eigenvalue weighted by atomic mass is 19.4. The smallest absolute Gasteiger partial charge is 0.381 e. The fourth-order valence-corrected chi connectivity index (χ4v) is 2.97. The summed E-state index contributed by atoms with van der Waals surface area (Å²) in [6.07, 6.45) is -1.66. The summed E-state index contributed by atoms with van der Waals surface area (Å²) in [5, 5.41) is 3.44. The minimum absolute atomic E-state index is 0.0327. The molecule has 22 heavy (non-hydrogen) atoms. The van der Waals surface area contributed by atoms with Crippen molar-refractivity contribution < 1.29 is 13.2 Å². The van der Waals surface area contributed by atoms with Gasteiger partial charge in [0.25, 0.3) is 0 Å². The fraction of sp³-hybridized carbons (Fsp3) is 0.222. The molecule has 1 aliphatic rings. The zero-order chi connectivity index (χ0) is 15.7. The van der Waals surface area contributed by atoms with Crippen LogP contribution in [-0.4, -0.2) is 6.04 Å². The van der Waals surface area contributed by atoms with E-state index in [1.807, 2.05) is 18.2 Å². The molecule has 3 rings (SSSR count). The maximum atomic E-state index is 12.7. The number of halogens is 3. The van der Waals surface area contributed by atoms with Crippen LogP contribution < -0.4 is 5.32 Å². The van der Waals surface area contributed by atoms with E-state index in [-0.39, 0.29) is 12.0 Å². The maximum absolute atomic E-state index is 12.7. The first kappa shape index (κ1) is 14.7. The molecule has 0 radical (unpaired) electrons. The molecule has 0 unspecified atom stereocenters. The van der Waals surface area contributed by atoms with Gasteiger partial charge in [0.2, 0.25) is 0 Å². The monoisotopic (exact) mass is 303 g/mol. The van der Waals surface area contributed by atoms with Crippen molar-refractivity contribution in [3.63, 3.8) is 0 Å². The Morgan fingerprint density at radius 1 is 1.09 bits per heavy atom. The fourth-order valence-electron chi connectivity index (χ4n) is 2.97. The van der Waals surface area contributed by atoms with E-state index in [4.69, 9.17) is 0 Å². The highest BCUT2D eigenvalue weighted by Gasteiger charge is 2.31. The van der Waals surface area contributed by atoms with Crippen molar-refractivity contribution >= 4 is 5.69 Å². The Bertz CT molecular complexity index is 648. The number of rotatable bonds is 3. The number of hydrogen-bond acceptors (Lipinski definition) is 1. The van der Waals surface area contributed by atoms with Crippen LogP contribution in [0, 0.1) is 0 Å². The van der Waals surface area contributed by atoms with Crippen molar-refractivity contribution in [1.82, 2.24) is 0 Å². The number of benzene rings is 2. The topological polar surface area (TPSA) is 12.0 Å². The first-order chi connectivity index (χ1) is 10.5. The maximum Gasteiger partial charge on any atom is 0.416 e. The van der Waals surface area contributed by atoms with Crippen molar-refractivity contribution in [2.75, 3.05) is 5.32 Å². The van der Waals surface area contributed by atoms with Gasteiger partial charge in [-0.05, 0) is 35.7 Å². The third-order valence-corrected chi connectivity index (χ3v) is 4.11. The van der Waals surface area contributed by atoms with Gasteiger partial charge in [0.1, 0.15) is 0 Å². The Morgan fingerprint density at radius 3 is 2.36 bits per heavy atom. The largest absolute Gasteiger partial charge is 0.416 e. The average Bonchev–Trinajstić information content (AvgIpc) is 2.91. The van der Waals surface area contributed by atoms with Crippen molar-refractivity contribution in [3.8, 4) is 0 Å². The third-order valence-electron chi connectivity index (χ3n) is 4.11. The molecule has 1 nitrogen and oxygen atoms in total. The van der Waals surface area contributed by atoms with E-state index in [1.54, 1.807) is 18.2 Å². The number of fused-ring (bicyclic) bond motifs is 1. The second-order valence-electron chi connectivity index (χ2n) is 5.49. The van der Waals surface area contributed by atoms with E-state index in [0.717, 1.165) is 29.8 Å². The lowest BCUT2D eigenvalue weighted by atomic mass is 9.89. The number of alkyl halides is 3. The van der Waals surface area contributed by atoms with Crippen molar-refractivity contribution in [1.29, 1.82) is 0 Å². The zero-order valence-electron chi connectivity index (χ0n) is 11.9. The van der Waals surface area contributed by atoms with Crippen LogP contribution in [0.5, 0.6) is 0 Å². The molecular weight excluding hydrogens is 287 g/mol. The molecule has 1 aliphatic heterocycles. The summed E-state index contributed by atoms with van der Waals surface area (Å²) >= 11 is 0. The normalized spacial score (nSPS) is 18.4. The Morgan fingerprint density at radius 2 is 1.77 bits per heavy atom. The second kappa shape index (κ2) is 5.52. The molecule has 2 aromatic rings. The highest BCUT2D eigenvalue weighted by molar-refractivity contribution is 5.58. The molecule has 2 aromatic carbocycles. The third kappa shape index (κ3) is 2.73. The minimum Gasteiger partial charge on any atom is -0.381 e. The van der Waals surface area contributed by atoms with Crippen molar-refractivity contribution in [2.45, 2.75) is 24.6 Å². The second-order valence-corrected chi connectivity index (χ2v) is 5.49. The lowest BCUT2D eigenvalue weighted by Crippen LogP contribution is -2.23. The predicted molar refractivity (Wildman–Crippen MR) is 81.9 cm³/mol. The van der Waals surface area contributed by atoms with E-state index in [0.29, 0.717) is 0 Å². The van der Waals surface area contributed by atoms with Crippen LogP contribution in [0.25, 0.3) is 0 Å². The molecule has 0 saturated carbocycles. The summed E-state index contributed by atoms with van der Waals surface area (Å²) < 4.78 is 38.0. The van der Waals surface area contributed by atoms with Crippen LogP contribution in [-0.2, 0) is 12.6 Å². The molecule has 114 valence electrons. The Hall–Kier alpha value is -2.23. The molecule has 2 atom stereocenters. The molecule has 0 bridgehead atoms. The zero-order valence-corrected chi connectivity index (χ0v) is 11.9. The summed E-state index contributed by atoms with van der Waals surface area (Å²) in [6, 6.07) is 13.5. The number of hydrogen-bond donors (Lipinski definition) is 1. The Balaban J connectivity index is 1.82. The van der Waals surface area contributed by atoms with Gasteiger partial charge in [-0.3, -0.25) is 0 Å². The van der Waals surface area contributed by atoms with Gasteiger partial charge in [0, 0.05) is 17.6 Å². The molecule has 0 saturated heterocycles. The molecule has 0 spiro atoms. The number of nitrogens with one attached hydrogen (secondary N) is 1. The van der Waals surface area contributed by atoms with Gasteiger partial charge < -0.3 is 5.32 Å². The van der Waals surface area contributed by atoms with E-state index in [9.17, 15) is 13.2 Å². The minimum atomic E-state index is -4.30. The van der Waals surface area contributed by atoms with Crippen LogP contribution in [0.15, 0.2) is 61.2 Å². The van der Waals surface area contributed by atoms with E-state index < -0.39 is 11.7 Å². The van der Waals surface area contributed by atoms with Gasteiger partial charge in [0.05, 0.1) is 5.56 Å². The predicted octanol–water partition coefficient (Wildman–Crippen LogP) is 5.01. The van der Waals surface area contributed by atoms with Gasteiger partial charge in [0.15, 0.2) is 0 Å². The Labute approximate surface area is 127 Å². The molecular formula is C18H16F3N. The van der Waals surface area contributed by atoms with Crippen molar-refractivity contribution in [2.24, 2.45) is 0 Å². The summed E-state index contributed by atoms with van der Waals surface area (Å²) in [5.41, 5.74) is 2.53. The quantitative estimate of drug-likeness (QED) is 0.786. The van der Waals surface area contributed by atoms with Gasteiger partial charge >= 0.3 is 6.18 Å². The van der Waals surface area contributed by atoms with Crippen LogP contribution in [0.2, 0.25) is 0 Å². The summed E-state index contributed by atoms with van der Waals surface area (Å²) in [6.45, 7) is 3.85. The lowest BCUT2D eigenvalue weighted by molar-refractivity contribution is -0.137. The van der Waals surface area contributed by atoms with E-state index >= 15 is 0 Å². The van der Waals surface area contributed by atoms with E-state index in [2.05, 4.69) is 18.0 Å². The molecule has 0 amide bonds. The highest BCUT2D eigenvalue weighted by Crippen LogP contribution is 2.35. The molecule has 0 aromatic heterocycles. The average molecular weight is 303 g/mol. The molecule has 0 fully saturated rings. The molecule has 4 heteroatoms. The molecule has 1 N–H and O–H groups in total. The van der Waals surface area contributed by atoms with Gasteiger partial charge in [-0.25, -0.2) is 0 Å². The Kier molecular flexibility index (Phi) is 3.69. The standard InChI is InChI=1S/C18H16F3N/c1-2-15(12-7-9-14(10-8-12)18(19,20)21)17-11-13-5-3-4-6-16(13)22-17/h2-10,15,17,22H,1,11H2/t15-,17-/m0/s1. The SMILES string of the molecule is C=C[C@@H](c1ccc(C(F)(F)F)cc1)[C@@H]1Cc2ccccc2N1. The summed E-state index contributed by atoms with van der Waals surface area (Å²) in [5.74, 6) is -0.0327. The van der Waals surface area contributed by atoms with Gasteiger partial charge in [-0.15, -0.1) is 6.58 Å². The van der Waals surface area contributed by atoms with Crippen LogP contribution >= 0.6 is 0 Å². The van der Waals surface area contributed by atoms with Crippen LogP contribution in [0.4, 0.5) is 18.9 Å². The number of para-hydroxylation sites is 1. The van der Waals surface area contributed by atoms with Gasteiger partial charge in [-0.2, -0.15) is 13.2 Å². The van der Waals surface area contributed by atoms with Gasteiger partial charge in [-0.1, -0.05) is 36.4 Å². The van der Waals surface area contributed by atoms with Crippen LogP contribution in [0.3, 0.4) is 0 Å². The first-order valence-electron chi connectivity index (χ1n) is 7.13. The van der Waals surface area contributed by atoms with Crippen LogP contribution in [0.1, 0.15) is 22.6 Å². The molecule has 1 heterocycles. The van der Waals surface area contributed by atoms with Crippen molar-refractivity contribution in [3.05, 3.63) is 77.9 Å². The molecule has 0 aliphatic carbocycles. The number of anilines is 1. The lowest BCUT2D eigenvalue weighted by Gasteiger charge is -2.22.